The fourth-order valence-electron chi connectivity index (χ4n) is 6.29. The Morgan fingerprint density at radius 1 is 1.12 bits per heavy atom. The molecule has 7 atom stereocenters. The first-order valence-electron chi connectivity index (χ1n) is 12.4. The van der Waals surface area contributed by atoms with Crippen molar-refractivity contribution >= 4 is 0 Å². The number of hydrogen-bond donors (Lipinski definition) is 4. The van der Waals surface area contributed by atoms with E-state index in [4.69, 9.17) is 0 Å². The predicted octanol–water partition coefficient (Wildman–Crippen LogP) is 4.84. The zero-order valence-corrected chi connectivity index (χ0v) is 20.6. The van der Waals surface area contributed by atoms with E-state index < -0.39 is 23.4 Å². The Morgan fingerprint density at radius 3 is 2.47 bits per heavy atom. The molecule has 0 aromatic rings. The van der Waals surface area contributed by atoms with Crippen molar-refractivity contribution in [2.75, 3.05) is 0 Å². The molecular weight excluding hydrogens is 400 g/mol. The molecule has 0 amide bonds. The summed E-state index contributed by atoms with van der Waals surface area (Å²) in [5, 5.41) is 41.1. The van der Waals surface area contributed by atoms with Crippen molar-refractivity contribution in [3.05, 3.63) is 47.6 Å². The number of rotatable bonds is 5. The van der Waals surface area contributed by atoms with Crippen LogP contribution in [0.15, 0.2) is 47.6 Å². The number of fused-ring (bicyclic) bond motifs is 1. The molecule has 3 aliphatic rings. The van der Waals surface area contributed by atoms with Gasteiger partial charge in [0, 0.05) is 6.42 Å². The van der Waals surface area contributed by atoms with Crippen molar-refractivity contribution in [2.45, 2.75) is 103 Å². The Kier molecular flexibility index (Phi) is 7.32. The lowest BCUT2D eigenvalue weighted by atomic mass is 9.61. The predicted molar refractivity (Wildman–Crippen MR) is 130 cm³/mol. The first-order chi connectivity index (χ1) is 14.8. The Hall–Kier alpha value is -1.20. The van der Waals surface area contributed by atoms with Crippen LogP contribution in [-0.4, -0.2) is 43.8 Å². The van der Waals surface area contributed by atoms with Crippen molar-refractivity contribution in [1.82, 2.24) is 0 Å². The lowest BCUT2D eigenvalue weighted by molar-refractivity contribution is -0.0886. The fraction of sp³-hybridized carbons (Fsp3) is 0.714. The van der Waals surface area contributed by atoms with Crippen LogP contribution in [0.4, 0.5) is 0 Å². The Bertz CT molecular complexity index is 797. The second-order valence-corrected chi connectivity index (χ2v) is 11.6. The Balaban J connectivity index is 1.78. The summed E-state index contributed by atoms with van der Waals surface area (Å²) in [6.07, 6.45) is 13.8. The van der Waals surface area contributed by atoms with Gasteiger partial charge in [-0.3, -0.25) is 0 Å². The van der Waals surface area contributed by atoms with Gasteiger partial charge in [0.2, 0.25) is 0 Å². The smallest absolute Gasteiger partial charge is 0.108 e. The number of hydrogen-bond acceptors (Lipinski definition) is 4. The monoisotopic (exact) mass is 444 g/mol. The minimum atomic E-state index is -1.26. The van der Waals surface area contributed by atoms with Crippen LogP contribution in [0.3, 0.4) is 0 Å². The molecule has 3 rings (SSSR count). The first-order valence-corrected chi connectivity index (χ1v) is 12.4. The quantitative estimate of drug-likeness (QED) is 0.457. The maximum absolute atomic E-state index is 10.6. The van der Waals surface area contributed by atoms with Gasteiger partial charge in [-0.2, -0.15) is 0 Å². The second kappa shape index (κ2) is 9.21. The standard InChI is InChI=1S/C28H44O4/c1-18(13-15-28(6,32)26(3,4)31)23-11-12-24-20(8-7-14-27(23,24)5)9-10-21-16-22(29)17-25(30)19(21)2/h9-10,13,15,18,22-25,29-32H,2,7-8,11-12,14,16-17H2,1,3-6H3/b15-13+,20-9-,21-10-/t18?,22?,23?,24?,25-,27-,28-/m1/s1. The third kappa shape index (κ3) is 4.99. The molecule has 0 radical (unpaired) electrons. The number of aliphatic hydroxyl groups is 4. The van der Waals surface area contributed by atoms with Crippen molar-refractivity contribution in [2.24, 2.45) is 23.2 Å². The molecule has 0 spiro atoms. The molecule has 3 saturated carbocycles. The van der Waals surface area contributed by atoms with E-state index in [0.717, 1.165) is 24.0 Å². The zero-order chi connectivity index (χ0) is 23.9. The van der Waals surface area contributed by atoms with Crippen LogP contribution < -0.4 is 0 Å². The summed E-state index contributed by atoms with van der Waals surface area (Å²) in [5.74, 6) is 1.39. The summed E-state index contributed by atoms with van der Waals surface area (Å²) in [4.78, 5) is 0. The number of allylic oxidation sites excluding steroid dienone is 4. The molecule has 0 aliphatic heterocycles. The highest BCUT2D eigenvalue weighted by Gasteiger charge is 2.50. The van der Waals surface area contributed by atoms with Gasteiger partial charge in [-0.1, -0.05) is 50.3 Å². The zero-order valence-electron chi connectivity index (χ0n) is 20.6. The second-order valence-electron chi connectivity index (χ2n) is 11.6. The van der Waals surface area contributed by atoms with Crippen molar-refractivity contribution < 1.29 is 20.4 Å². The normalized spacial score (nSPS) is 39.5. The van der Waals surface area contributed by atoms with Crippen LogP contribution >= 0.6 is 0 Å². The van der Waals surface area contributed by atoms with Gasteiger partial charge in [0.15, 0.2) is 0 Å². The van der Waals surface area contributed by atoms with E-state index in [9.17, 15) is 20.4 Å². The van der Waals surface area contributed by atoms with Crippen LogP contribution in [0.5, 0.6) is 0 Å². The highest BCUT2D eigenvalue weighted by atomic mass is 16.3. The van der Waals surface area contributed by atoms with Gasteiger partial charge in [0.25, 0.3) is 0 Å². The van der Waals surface area contributed by atoms with Gasteiger partial charge in [0.1, 0.15) is 5.60 Å². The van der Waals surface area contributed by atoms with E-state index in [1.54, 1.807) is 26.8 Å². The van der Waals surface area contributed by atoms with Crippen molar-refractivity contribution in [3.8, 4) is 0 Å². The van der Waals surface area contributed by atoms with Gasteiger partial charge in [-0.15, -0.1) is 0 Å². The summed E-state index contributed by atoms with van der Waals surface area (Å²) >= 11 is 0. The largest absolute Gasteiger partial charge is 0.393 e. The highest BCUT2D eigenvalue weighted by Crippen LogP contribution is 2.59. The molecular formula is C28H44O4. The molecule has 180 valence electrons. The van der Waals surface area contributed by atoms with Gasteiger partial charge in [-0.05, 0) is 93.6 Å². The Labute approximate surface area is 194 Å². The van der Waals surface area contributed by atoms with E-state index in [0.29, 0.717) is 30.6 Å². The van der Waals surface area contributed by atoms with Gasteiger partial charge in [-0.25, -0.2) is 0 Å². The van der Waals surface area contributed by atoms with Crippen LogP contribution in [0.1, 0.15) is 79.6 Å². The molecule has 0 saturated heterocycles. The van der Waals surface area contributed by atoms with Crippen LogP contribution in [0.2, 0.25) is 0 Å². The number of aliphatic hydroxyl groups excluding tert-OH is 2. The van der Waals surface area contributed by atoms with Crippen molar-refractivity contribution in [3.63, 3.8) is 0 Å². The first kappa shape index (κ1) is 25.4. The average Bonchev–Trinajstić information content (AvgIpc) is 3.04. The van der Waals surface area contributed by atoms with Gasteiger partial charge in [0.05, 0.1) is 17.8 Å². The molecule has 3 fully saturated rings. The molecule has 32 heavy (non-hydrogen) atoms. The van der Waals surface area contributed by atoms with E-state index >= 15 is 0 Å². The molecule has 0 bridgehead atoms. The summed E-state index contributed by atoms with van der Waals surface area (Å²) in [5.41, 5.74) is 0.958. The third-order valence-corrected chi connectivity index (χ3v) is 8.90. The van der Waals surface area contributed by atoms with Crippen molar-refractivity contribution in [1.29, 1.82) is 0 Å². The van der Waals surface area contributed by atoms with Gasteiger partial charge >= 0.3 is 0 Å². The summed E-state index contributed by atoms with van der Waals surface area (Å²) < 4.78 is 0. The molecule has 4 N–H and O–H groups in total. The van der Waals surface area contributed by atoms with Gasteiger partial charge < -0.3 is 20.4 Å². The molecule has 4 heteroatoms. The van der Waals surface area contributed by atoms with E-state index in [1.165, 1.54) is 24.8 Å². The average molecular weight is 445 g/mol. The lowest BCUT2D eigenvalue weighted by Crippen LogP contribution is -2.46. The molecule has 4 nitrogen and oxygen atoms in total. The SMILES string of the molecule is C=C1/C(=C\C=C2\CCC[C@@]3(C)C2CCC3C(C)/C=C/[C@@](C)(O)C(C)(C)O)CC(O)C[C@H]1O. The molecule has 0 heterocycles. The maximum Gasteiger partial charge on any atom is 0.108 e. The van der Waals surface area contributed by atoms with E-state index in [1.807, 2.05) is 0 Å². The lowest BCUT2D eigenvalue weighted by Gasteiger charge is -2.44. The molecule has 0 aromatic heterocycles. The maximum atomic E-state index is 10.6. The molecule has 0 aromatic carbocycles. The van der Waals surface area contributed by atoms with Crippen LogP contribution in [0, 0.1) is 23.2 Å². The Morgan fingerprint density at radius 2 is 1.81 bits per heavy atom. The summed E-state index contributed by atoms with van der Waals surface area (Å²) in [6, 6.07) is 0. The van der Waals surface area contributed by atoms with E-state index in [-0.39, 0.29) is 5.41 Å². The fourth-order valence-corrected chi connectivity index (χ4v) is 6.29. The van der Waals surface area contributed by atoms with E-state index in [2.05, 4.69) is 38.7 Å². The minimum Gasteiger partial charge on any atom is -0.393 e. The summed E-state index contributed by atoms with van der Waals surface area (Å²) in [6.45, 7) is 13.7. The third-order valence-electron chi connectivity index (χ3n) is 8.90. The summed E-state index contributed by atoms with van der Waals surface area (Å²) in [7, 11) is 0. The van der Waals surface area contributed by atoms with Crippen LogP contribution in [0.25, 0.3) is 0 Å². The molecule has 4 unspecified atom stereocenters. The minimum absolute atomic E-state index is 0.218. The molecule has 3 aliphatic carbocycles. The topological polar surface area (TPSA) is 80.9 Å². The van der Waals surface area contributed by atoms with Crippen LogP contribution in [-0.2, 0) is 0 Å². The highest BCUT2D eigenvalue weighted by molar-refractivity contribution is 5.38.